The second-order valence-electron chi connectivity index (χ2n) is 7.04. The second kappa shape index (κ2) is 6.58. The summed E-state index contributed by atoms with van der Waals surface area (Å²) in [4.78, 5) is 12.4. The number of halogens is 5. The van der Waals surface area contributed by atoms with Gasteiger partial charge in [-0.15, -0.1) is 0 Å². The van der Waals surface area contributed by atoms with Gasteiger partial charge < -0.3 is 4.74 Å². The number of ether oxygens (including phenoxy) is 1. The second-order valence-corrected chi connectivity index (χ2v) is 7.04. The van der Waals surface area contributed by atoms with Gasteiger partial charge in [0.1, 0.15) is 17.0 Å². The molecule has 0 atom stereocenters. The standard InChI is InChI=1S/C19H17F5N2O3/c1-10-11(18(20,21)19(22,23)24)7-8-12-14(10)15(16(25-28)17(2,3)29-12)26-9-5-4-6-13(26)27/h4-9,25,28H,1-3H3. The van der Waals surface area contributed by atoms with Crippen molar-refractivity contribution in [3.05, 3.63) is 69.3 Å². The van der Waals surface area contributed by atoms with E-state index in [1.165, 1.54) is 38.2 Å². The number of hydrogen-bond donors (Lipinski definition) is 2. The summed E-state index contributed by atoms with van der Waals surface area (Å²) in [6.45, 7) is 4.16. The summed E-state index contributed by atoms with van der Waals surface area (Å²) >= 11 is 0. The molecule has 0 radical (unpaired) electrons. The van der Waals surface area contributed by atoms with E-state index in [-0.39, 0.29) is 22.7 Å². The van der Waals surface area contributed by atoms with Crippen molar-refractivity contribution < 1.29 is 31.9 Å². The molecule has 2 aromatic rings. The lowest BCUT2D eigenvalue weighted by atomic mass is 9.88. The van der Waals surface area contributed by atoms with E-state index in [0.717, 1.165) is 17.6 Å². The van der Waals surface area contributed by atoms with Crippen LogP contribution in [0.4, 0.5) is 22.0 Å². The van der Waals surface area contributed by atoms with Gasteiger partial charge in [0.25, 0.3) is 5.56 Å². The summed E-state index contributed by atoms with van der Waals surface area (Å²) in [5.41, 5.74) is -1.93. The fraction of sp³-hybridized carbons (Fsp3) is 0.316. The summed E-state index contributed by atoms with van der Waals surface area (Å²) in [7, 11) is 0. The van der Waals surface area contributed by atoms with Gasteiger partial charge in [0.15, 0.2) is 0 Å². The monoisotopic (exact) mass is 416 g/mol. The maximum atomic E-state index is 14.1. The van der Waals surface area contributed by atoms with Crippen LogP contribution >= 0.6 is 0 Å². The molecule has 10 heteroatoms. The van der Waals surface area contributed by atoms with E-state index in [1.807, 2.05) is 5.48 Å². The fourth-order valence-corrected chi connectivity index (χ4v) is 3.34. The van der Waals surface area contributed by atoms with Gasteiger partial charge in [-0.2, -0.15) is 22.0 Å². The van der Waals surface area contributed by atoms with Crippen LogP contribution in [0.3, 0.4) is 0 Å². The number of hydrogen-bond acceptors (Lipinski definition) is 4. The molecule has 0 fully saturated rings. The Balaban J connectivity index is 2.43. The minimum Gasteiger partial charge on any atom is -0.481 e. The van der Waals surface area contributed by atoms with Crippen molar-refractivity contribution >= 4 is 5.70 Å². The number of alkyl halides is 5. The Bertz CT molecular complexity index is 1050. The maximum absolute atomic E-state index is 14.1. The first-order valence-electron chi connectivity index (χ1n) is 8.44. The SMILES string of the molecule is Cc1c(C(F)(F)C(F)(F)F)ccc2c1C(n1ccccc1=O)=C(NO)C(C)(C)O2. The van der Waals surface area contributed by atoms with Crippen molar-refractivity contribution in [1.29, 1.82) is 0 Å². The number of nitrogens with zero attached hydrogens (tertiary/aromatic N) is 1. The number of hydroxylamine groups is 1. The van der Waals surface area contributed by atoms with E-state index in [9.17, 15) is 32.0 Å². The normalized spacial score (nSPS) is 16.3. The van der Waals surface area contributed by atoms with E-state index in [1.54, 1.807) is 0 Å². The highest BCUT2D eigenvalue weighted by Gasteiger charge is 2.59. The first-order chi connectivity index (χ1) is 13.3. The molecule has 156 valence electrons. The first-order valence-corrected chi connectivity index (χ1v) is 8.44. The number of benzene rings is 1. The van der Waals surface area contributed by atoms with Crippen molar-refractivity contribution in [2.75, 3.05) is 0 Å². The number of fused-ring (bicyclic) bond motifs is 1. The smallest absolute Gasteiger partial charge is 0.458 e. The van der Waals surface area contributed by atoms with Crippen LogP contribution in [0.2, 0.25) is 0 Å². The highest BCUT2D eigenvalue weighted by Crippen LogP contribution is 2.49. The van der Waals surface area contributed by atoms with Crippen LogP contribution in [0.5, 0.6) is 5.75 Å². The number of nitrogens with one attached hydrogen (secondary N) is 1. The molecule has 29 heavy (non-hydrogen) atoms. The van der Waals surface area contributed by atoms with Crippen molar-refractivity contribution in [2.24, 2.45) is 0 Å². The predicted octanol–water partition coefficient (Wildman–Crippen LogP) is 4.18. The van der Waals surface area contributed by atoms with Crippen LogP contribution in [0.25, 0.3) is 5.70 Å². The largest absolute Gasteiger partial charge is 0.481 e. The molecule has 0 saturated carbocycles. The van der Waals surface area contributed by atoms with Crippen molar-refractivity contribution in [3.63, 3.8) is 0 Å². The molecule has 1 aromatic carbocycles. The van der Waals surface area contributed by atoms with Crippen LogP contribution < -0.4 is 15.8 Å². The average molecular weight is 416 g/mol. The van der Waals surface area contributed by atoms with Gasteiger partial charge in [-0.05, 0) is 44.5 Å². The molecule has 0 spiro atoms. The molecule has 1 aromatic heterocycles. The zero-order valence-electron chi connectivity index (χ0n) is 15.6. The fourth-order valence-electron chi connectivity index (χ4n) is 3.34. The summed E-state index contributed by atoms with van der Waals surface area (Å²) in [6, 6.07) is 5.77. The predicted molar refractivity (Wildman–Crippen MR) is 93.8 cm³/mol. The third kappa shape index (κ3) is 3.17. The van der Waals surface area contributed by atoms with E-state index < -0.39 is 34.4 Å². The molecule has 0 unspecified atom stereocenters. The topological polar surface area (TPSA) is 63.5 Å². The Labute approximate surface area is 162 Å². The summed E-state index contributed by atoms with van der Waals surface area (Å²) < 4.78 is 74.0. The van der Waals surface area contributed by atoms with Gasteiger partial charge in [-0.3, -0.25) is 20.0 Å². The van der Waals surface area contributed by atoms with E-state index in [0.29, 0.717) is 6.07 Å². The summed E-state index contributed by atoms with van der Waals surface area (Å²) in [5.74, 6) is -5.13. The van der Waals surface area contributed by atoms with Crippen LogP contribution in [0, 0.1) is 6.92 Å². The van der Waals surface area contributed by atoms with E-state index in [2.05, 4.69) is 0 Å². The average Bonchev–Trinajstić information content (AvgIpc) is 2.59. The lowest BCUT2D eigenvalue weighted by Crippen LogP contribution is -2.43. The molecule has 5 nitrogen and oxygen atoms in total. The Kier molecular flexibility index (Phi) is 4.73. The highest BCUT2D eigenvalue weighted by molar-refractivity contribution is 5.79. The first kappa shape index (κ1) is 20.8. The molecule has 0 saturated heterocycles. The molecule has 0 aliphatic carbocycles. The molecule has 3 rings (SSSR count). The van der Waals surface area contributed by atoms with Crippen molar-refractivity contribution in [3.8, 4) is 5.75 Å². The van der Waals surface area contributed by atoms with Gasteiger partial charge >= 0.3 is 12.1 Å². The summed E-state index contributed by atoms with van der Waals surface area (Å²) in [6.07, 6.45) is -4.50. The molecule has 2 heterocycles. The van der Waals surface area contributed by atoms with Gasteiger partial charge in [0, 0.05) is 23.4 Å². The Morgan fingerprint density at radius 1 is 1.10 bits per heavy atom. The van der Waals surface area contributed by atoms with Crippen LogP contribution in [-0.4, -0.2) is 21.6 Å². The highest BCUT2D eigenvalue weighted by atomic mass is 19.4. The van der Waals surface area contributed by atoms with Crippen molar-refractivity contribution in [1.82, 2.24) is 10.0 Å². The molecule has 0 bridgehead atoms. The number of rotatable bonds is 3. The lowest BCUT2D eigenvalue weighted by molar-refractivity contribution is -0.289. The van der Waals surface area contributed by atoms with Crippen LogP contribution in [-0.2, 0) is 5.92 Å². The minimum atomic E-state index is -5.81. The molecule has 0 amide bonds. The minimum absolute atomic E-state index is 0.000947. The summed E-state index contributed by atoms with van der Waals surface area (Å²) in [5, 5.41) is 9.69. The van der Waals surface area contributed by atoms with Gasteiger partial charge in [-0.25, -0.2) is 0 Å². The van der Waals surface area contributed by atoms with E-state index >= 15 is 0 Å². The van der Waals surface area contributed by atoms with Crippen molar-refractivity contribution in [2.45, 2.75) is 38.5 Å². The molecule has 2 N–H and O–H groups in total. The third-order valence-corrected chi connectivity index (χ3v) is 4.74. The Hall–Kier alpha value is -2.88. The molecular formula is C19H17F5N2O3. The van der Waals surface area contributed by atoms with E-state index in [4.69, 9.17) is 4.74 Å². The quantitative estimate of drug-likeness (QED) is 0.582. The molecule has 1 aliphatic heterocycles. The Morgan fingerprint density at radius 3 is 2.31 bits per heavy atom. The van der Waals surface area contributed by atoms with Gasteiger partial charge in [0.05, 0.1) is 5.70 Å². The molecular weight excluding hydrogens is 399 g/mol. The Morgan fingerprint density at radius 2 is 1.76 bits per heavy atom. The van der Waals surface area contributed by atoms with Gasteiger partial charge in [0.2, 0.25) is 0 Å². The zero-order chi connectivity index (χ0) is 21.8. The third-order valence-electron chi connectivity index (χ3n) is 4.74. The number of aromatic nitrogens is 1. The van der Waals surface area contributed by atoms with Gasteiger partial charge in [-0.1, -0.05) is 6.07 Å². The maximum Gasteiger partial charge on any atom is 0.458 e. The lowest BCUT2D eigenvalue weighted by Gasteiger charge is -2.37. The molecule has 1 aliphatic rings. The van der Waals surface area contributed by atoms with Crippen LogP contribution in [0.1, 0.15) is 30.5 Å². The number of pyridine rings is 1. The van der Waals surface area contributed by atoms with Crippen LogP contribution in [0.15, 0.2) is 47.0 Å². The zero-order valence-corrected chi connectivity index (χ0v) is 15.6.